The lowest BCUT2D eigenvalue weighted by molar-refractivity contribution is 0.601. The molecule has 2 aromatic rings. The Morgan fingerprint density at radius 3 is 2.53 bits per heavy atom. The molecule has 2 aromatic carbocycles. The summed E-state index contributed by atoms with van der Waals surface area (Å²) >= 11 is 3.34. The quantitative estimate of drug-likeness (QED) is 0.843. The number of nitrogens with one attached hydrogen (secondary N) is 1. The molecule has 0 aromatic heterocycles. The first-order valence-corrected chi connectivity index (χ1v) is 7.80. The Morgan fingerprint density at radius 1 is 1.16 bits per heavy atom. The van der Waals surface area contributed by atoms with Crippen LogP contribution in [-0.4, -0.2) is 8.42 Å². The molecule has 0 fully saturated rings. The summed E-state index contributed by atoms with van der Waals surface area (Å²) in [7, 11) is -3.62. The standard InChI is InChI=1S/C13H13BrN2O2S/c1-9-7-10(14)5-6-13(9)16-19(17,18)12-4-2-3-11(15)8-12/h2-8,16H,15H2,1H3. The summed E-state index contributed by atoms with van der Waals surface area (Å²) < 4.78 is 27.9. The van der Waals surface area contributed by atoms with Gasteiger partial charge in [0.15, 0.2) is 0 Å². The Kier molecular flexibility index (Phi) is 3.82. The van der Waals surface area contributed by atoms with Crippen molar-refractivity contribution in [2.75, 3.05) is 10.5 Å². The van der Waals surface area contributed by atoms with Gasteiger partial charge in [-0.05, 0) is 48.9 Å². The Bertz CT molecular complexity index is 714. The lowest BCUT2D eigenvalue weighted by Crippen LogP contribution is -2.13. The van der Waals surface area contributed by atoms with E-state index in [0.717, 1.165) is 10.0 Å². The maximum absolute atomic E-state index is 12.2. The first-order valence-electron chi connectivity index (χ1n) is 5.53. The molecule has 4 nitrogen and oxygen atoms in total. The van der Waals surface area contributed by atoms with Crippen LogP contribution in [0.2, 0.25) is 0 Å². The molecule has 0 aliphatic rings. The Labute approximate surface area is 120 Å². The van der Waals surface area contributed by atoms with Crippen LogP contribution in [0.3, 0.4) is 0 Å². The zero-order chi connectivity index (χ0) is 14.0. The fourth-order valence-electron chi connectivity index (χ4n) is 1.63. The molecule has 0 saturated carbocycles. The summed E-state index contributed by atoms with van der Waals surface area (Å²) in [4.78, 5) is 0.148. The highest BCUT2D eigenvalue weighted by atomic mass is 79.9. The third-order valence-corrected chi connectivity index (χ3v) is 4.46. The zero-order valence-corrected chi connectivity index (χ0v) is 12.6. The van der Waals surface area contributed by atoms with Crippen molar-refractivity contribution in [3.8, 4) is 0 Å². The number of anilines is 2. The molecule has 0 unspecified atom stereocenters. The second-order valence-electron chi connectivity index (χ2n) is 4.14. The summed E-state index contributed by atoms with van der Waals surface area (Å²) in [5.74, 6) is 0. The third kappa shape index (κ3) is 3.27. The number of nitrogens with two attached hydrogens (primary N) is 1. The van der Waals surface area contributed by atoms with E-state index in [1.54, 1.807) is 24.3 Å². The van der Waals surface area contributed by atoms with E-state index >= 15 is 0 Å². The highest BCUT2D eigenvalue weighted by Crippen LogP contribution is 2.23. The van der Waals surface area contributed by atoms with Crippen LogP contribution in [0.4, 0.5) is 11.4 Å². The Morgan fingerprint density at radius 2 is 1.89 bits per heavy atom. The molecule has 0 aliphatic heterocycles. The van der Waals surface area contributed by atoms with E-state index in [1.807, 2.05) is 13.0 Å². The molecule has 3 N–H and O–H groups in total. The highest BCUT2D eigenvalue weighted by Gasteiger charge is 2.15. The second-order valence-corrected chi connectivity index (χ2v) is 6.74. The van der Waals surface area contributed by atoms with Gasteiger partial charge >= 0.3 is 0 Å². The van der Waals surface area contributed by atoms with Crippen molar-refractivity contribution in [2.24, 2.45) is 0 Å². The number of nitrogen functional groups attached to an aromatic ring is 1. The van der Waals surface area contributed by atoms with Gasteiger partial charge in [0.25, 0.3) is 10.0 Å². The summed E-state index contributed by atoms with van der Waals surface area (Å²) in [5.41, 5.74) is 7.39. The second kappa shape index (κ2) is 5.22. The van der Waals surface area contributed by atoms with Gasteiger partial charge in [-0.25, -0.2) is 8.42 Å². The minimum Gasteiger partial charge on any atom is -0.399 e. The predicted octanol–water partition coefficient (Wildman–Crippen LogP) is 3.14. The van der Waals surface area contributed by atoms with Crippen LogP contribution in [0.1, 0.15) is 5.56 Å². The third-order valence-electron chi connectivity index (χ3n) is 2.60. The summed E-state index contributed by atoms with van der Waals surface area (Å²) in [5, 5.41) is 0. The van der Waals surface area contributed by atoms with Crippen molar-refractivity contribution in [1.82, 2.24) is 0 Å². The van der Waals surface area contributed by atoms with E-state index in [4.69, 9.17) is 5.73 Å². The maximum atomic E-state index is 12.2. The average molecular weight is 341 g/mol. The van der Waals surface area contributed by atoms with E-state index < -0.39 is 10.0 Å². The summed E-state index contributed by atoms with van der Waals surface area (Å²) in [6.45, 7) is 1.84. The van der Waals surface area contributed by atoms with Crippen LogP contribution < -0.4 is 10.5 Å². The van der Waals surface area contributed by atoms with E-state index in [-0.39, 0.29) is 4.90 Å². The number of rotatable bonds is 3. The van der Waals surface area contributed by atoms with Crippen molar-refractivity contribution < 1.29 is 8.42 Å². The van der Waals surface area contributed by atoms with Crippen molar-refractivity contribution in [2.45, 2.75) is 11.8 Å². The molecular weight excluding hydrogens is 328 g/mol. The minimum absolute atomic E-state index is 0.148. The van der Waals surface area contributed by atoms with Crippen molar-refractivity contribution in [3.05, 3.63) is 52.5 Å². The van der Waals surface area contributed by atoms with Gasteiger partial charge in [-0.1, -0.05) is 22.0 Å². The van der Waals surface area contributed by atoms with E-state index in [0.29, 0.717) is 11.4 Å². The molecule has 0 saturated heterocycles. The zero-order valence-electron chi connectivity index (χ0n) is 10.2. The monoisotopic (exact) mass is 340 g/mol. The number of halogens is 1. The molecule has 0 atom stereocenters. The molecule has 100 valence electrons. The number of hydrogen-bond donors (Lipinski definition) is 2. The summed E-state index contributed by atoms with van der Waals surface area (Å²) in [6, 6.07) is 11.5. The molecule has 0 spiro atoms. The van der Waals surface area contributed by atoms with Crippen molar-refractivity contribution >= 4 is 37.3 Å². The predicted molar refractivity (Wildman–Crippen MR) is 80.5 cm³/mol. The first-order chi connectivity index (χ1) is 8.88. The number of benzene rings is 2. The van der Waals surface area contributed by atoms with Crippen molar-refractivity contribution in [1.29, 1.82) is 0 Å². The largest absolute Gasteiger partial charge is 0.399 e. The van der Waals surface area contributed by atoms with Gasteiger partial charge in [-0.2, -0.15) is 0 Å². The normalized spacial score (nSPS) is 11.3. The van der Waals surface area contributed by atoms with E-state index in [1.165, 1.54) is 12.1 Å². The highest BCUT2D eigenvalue weighted by molar-refractivity contribution is 9.10. The first kappa shape index (κ1) is 13.9. The van der Waals surface area contributed by atoms with Gasteiger partial charge in [-0.15, -0.1) is 0 Å². The molecule has 0 bridgehead atoms. The maximum Gasteiger partial charge on any atom is 0.261 e. The van der Waals surface area contributed by atoms with E-state index in [2.05, 4.69) is 20.7 Å². The van der Waals surface area contributed by atoms with Gasteiger partial charge in [0.1, 0.15) is 0 Å². The Hall–Kier alpha value is -1.53. The van der Waals surface area contributed by atoms with Gasteiger partial charge in [-0.3, -0.25) is 4.72 Å². The van der Waals surface area contributed by atoms with Gasteiger partial charge in [0.2, 0.25) is 0 Å². The van der Waals surface area contributed by atoms with Crippen LogP contribution >= 0.6 is 15.9 Å². The van der Waals surface area contributed by atoms with Crippen LogP contribution in [-0.2, 0) is 10.0 Å². The van der Waals surface area contributed by atoms with Gasteiger partial charge < -0.3 is 5.73 Å². The lowest BCUT2D eigenvalue weighted by atomic mass is 10.2. The molecule has 6 heteroatoms. The number of hydrogen-bond acceptors (Lipinski definition) is 3. The molecule has 0 amide bonds. The molecule has 0 heterocycles. The van der Waals surface area contributed by atoms with Crippen LogP contribution in [0.25, 0.3) is 0 Å². The van der Waals surface area contributed by atoms with Crippen molar-refractivity contribution in [3.63, 3.8) is 0 Å². The molecule has 0 radical (unpaired) electrons. The van der Waals surface area contributed by atoms with E-state index in [9.17, 15) is 8.42 Å². The molecule has 2 rings (SSSR count). The molecule has 0 aliphatic carbocycles. The van der Waals surface area contributed by atoms with Crippen LogP contribution in [0, 0.1) is 6.92 Å². The minimum atomic E-state index is -3.62. The molecule has 19 heavy (non-hydrogen) atoms. The van der Waals surface area contributed by atoms with Gasteiger partial charge in [0, 0.05) is 10.2 Å². The molecular formula is C13H13BrN2O2S. The summed E-state index contributed by atoms with van der Waals surface area (Å²) in [6.07, 6.45) is 0. The van der Waals surface area contributed by atoms with Crippen LogP contribution in [0.5, 0.6) is 0 Å². The Balaban J connectivity index is 2.36. The van der Waals surface area contributed by atoms with Gasteiger partial charge in [0.05, 0.1) is 10.6 Å². The number of sulfonamides is 1. The number of aryl methyl sites for hydroxylation is 1. The topological polar surface area (TPSA) is 72.2 Å². The fourth-order valence-corrected chi connectivity index (χ4v) is 3.29. The lowest BCUT2D eigenvalue weighted by Gasteiger charge is -2.11. The smallest absolute Gasteiger partial charge is 0.261 e. The SMILES string of the molecule is Cc1cc(Br)ccc1NS(=O)(=O)c1cccc(N)c1. The van der Waals surface area contributed by atoms with Crippen LogP contribution in [0.15, 0.2) is 51.8 Å². The fraction of sp³-hybridized carbons (Fsp3) is 0.0769. The average Bonchev–Trinajstić information content (AvgIpc) is 2.33.